The zero-order valence-electron chi connectivity index (χ0n) is 16.6. The largest absolute Gasteiger partial charge is 0.348 e. The van der Waals surface area contributed by atoms with Crippen LogP contribution in [0, 0.1) is 0 Å². The van der Waals surface area contributed by atoms with Crippen molar-refractivity contribution in [3.63, 3.8) is 0 Å². The Morgan fingerprint density at radius 2 is 1.90 bits per heavy atom. The summed E-state index contributed by atoms with van der Waals surface area (Å²) in [6.07, 6.45) is 8.84. The Morgan fingerprint density at radius 1 is 1.07 bits per heavy atom. The van der Waals surface area contributed by atoms with Gasteiger partial charge < -0.3 is 5.32 Å². The summed E-state index contributed by atoms with van der Waals surface area (Å²) >= 11 is 0. The maximum atomic E-state index is 13.1. The van der Waals surface area contributed by atoms with Crippen LogP contribution < -0.4 is 5.32 Å². The molecule has 1 N–H and O–H groups in total. The number of carbonyl (C=O) groups excluding carboxylic acids is 1. The third kappa shape index (κ3) is 3.68. The molecule has 0 saturated heterocycles. The summed E-state index contributed by atoms with van der Waals surface area (Å²) in [6, 6.07) is 14.3. The molecule has 1 aromatic carbocycles. The van der Waals surface area contributed by atoms with E-state index in [0.29, 0.717) is 18.3 Å². The molecule has 5 rings (SSSR count). The molecule has 3 aromatic heterocycles. The van der Waals surface area contributed by atoms with Gasteiger partial charge in [0.2, 0.25) is 0 Å². The molecule has 8 nitrogen and oxygen atoms in total. The predicted octanol–water partition coefficient (Wildman–Crippen LogP) is 2.98. The first-order valence-electron chi connectivity index (χ1n) is 10.3. The second-order valence-electron chi connectivity index (χ2n) is 7.72. The fourth-order valence-corrected chi connectivity index (χ4v) is 4.19. The van der Waals surface area contributed by atoms with Crippen LogP contribution in [0.1, 0.15) is 47.8 Å². The highest BCUT2D eigenvalue weighted by atomic mass is 16.2. The van der Waals surface area contributed by atoms with Crippen molar-refractivity contribution in [3.05, 3.63) is 72.6 Å². The second kappa shape index (κ2) is 8.06. The van der Waals surface area contributed by atoms with Crippen molar-refractivity contribution >= 4 is 16.9 Å². The van der Waals surface area contributed by atoms with Gasteiger partial charge in [-0.2, -0.15) is 10.2 Å². The van der Waals surface area contributed by atoms with Crippen LogP contribution in [0.5, 0.6) is 0 Å². The SMILES string of the molecule is O=C(NC1CCC(n2cncn2)CC1)c1nn(Cc2ccccc2)c2ncccc12. The van der Waals surface area contributed by atoms with Crippen molar-refractivity contribution < 1.29 is 4.79 Å². The van der Waals surface area contributed by atoms with E-state index in [0.717, 1.165) is 42.3 Å². The van der Waals surface area contributed by atoms with Gasteiger partial charge in [0.1, 0.15) is 12.7 Å². The number of carbonyl (C=O) groups is 1. The Morgan fingerprint density at radius 3 is 2.67 bits per heavy atom. The maximum Gasteiger partial charge on any atom is 0.272 e. The van der Waals surface area contributed by atoms with Gasteiger partial charge in [0, 0.05) is 12.2 Å². The molecule has 0 bridgehead atoms. The van der Waals surface area contributed by atoms with Gasteiger partial charge in [-0.05, 0) is 43.4 Å². The summed E-state index contributed by atoms with van der Waals surface area (Å²) < 4.78 is 3.73. The molecule has 8 heteroatoms. The molecule has 3 heterocycles. The molecule has 0 aliphatic heterocycles. The van der Waals surface area contributed by atoms with Gasteiger partial charge in [-0.25, -0.2) is 19.3 Å². The van der Waals surface area contributed by atoms with Crippen molar-refractivity contribution in [3.8, 4) is 0 Å². The standard InChI is InChI=1S/C22H23N7O/c30-22(26-17-8-10-18(11-9-17)29-15-23-14-25-29)20-19-7-4-12-24-21(19)28(27-20)13-16-5-2-1-3-6-16/h1-7,12,14-15,17-18H,8-11,13H2,(H,26,30). The molecule has 1 amide bonds. The molecule has 0 unspecified atom stereocenters. The minimum Gasteiger partial charge on any atom is -0.348 e. The Kier molecular flexibility index (Phi) is 4.96. The zero-order valence-corrected chi connectivity index (χ0v) is 16.6. The summed E-state index contributed by atoms with van der Waals surface area (Å²) in [7, 11) is 0. The van der Waals surface area contributed by atoms with Crippen LogP contribution in [0.25, 0.3) is 11.0 Å². The maximum absolute atomic E-state index is 13.1. The Hall–Kier alpha value is -3.55. The van der Waals surface area contributed by atoms with E-state index in [4.69, 9.17) is 0 Å². The summed E-state index contributed by atoms with van der Waals surface area (Å²) in [5.41, 5.74) is 2.28. The van der Waals surface area contributed by atoms with Crippen molar-refractivity contribution in [2.24, 2.45) is 0 Å². The predicted molar refractivity (Wildman–Crippen MR) is 112 cm³/mol. The first-order chi connectivity index (χ1) is 14.8. The minimum absolute atomic E-state index is 0.135. The highest BCUT2D eigenvalue weighted by Gasteiger charge is 2.26. The lowest BCUT2D eigenvalue weighted by Gasteiger charge is -2.28. The topological polar surface area (TPSA) is 90.5 Å². The van der Waals surface area contributed by atoms with Crippen LogP contribution in [0.2, 0.25) is 0 Å². The van der Waals surface area contributed by atoms with E-state index in [1.165, 1.54) is 0 Å². The zero-order chi connectivity index (χ0) is 20.3. The van der Waals surface area contributed by atoms with Gasteiger partial charge in [-0.1, -0.05) is 30.3 Å². The average molecular weight is 401 g/mol. The normalized spacial score (nSPS) is 19.1. The van der Waals surface area contributed by atoms with Crippen LogP contribution in [0.15, 0.2) is 61.3 Å². The summed E-state index contributed by atoms with van der Waals surface area (Å²) in [5.74, 6) is -0.135. The smallest absolute Gasteiger partial charge is 0.272 e. The van der Waals surface area contributed by atoms with Gasteiger partial charge in [0.05, 0.1) is 18.0 Å². The third-order valence-electron chi connectivity index (χ3n) is 5.74. The lowest BCUT2D eigenvalue weighted by molar-refractivity contribution is 0.0917. The number of nitrogens with one attached hydrogen (secondary N) is 1. The Bertz CT molecular complexity index is 1130. The number of fused-ring (bicyclic) bond motifs is 1. The second-order valence-corrected chi connectivity index (χ2v) is 7.72. The summed E-state index contributed by atoms with van der Waals surface area (Å²) in [5, 5.41) is 12.8. The van der Waals surface area contributed by atoms with E-state index in [1.54, 1.807) is 23.5 Å². The molecule has 4 aromatic rings. The van der Waals surface area contributed by atoms with Crippen LogP contribution in [-0.4, -0.2) is 41.5 Å². The summed E-state index contributed by atoms with van der Waals surface area (Å²) in [6.45, 7) is 0.574. The third-order valence-corrected chi connectivity index (χ3v) is 5.74. The molecule has 0 spiro atoms. The van der Waals surface area contributed by atoms with E-state index >= 15 is 0 Å². The fourth-order valence-electron chi connectivity index (χ4n) is 4.19. The quantitative estimate of drug-likeness (QED) is 0.555. The summed E-state index contributed by atoms with van der Waals surface area (Å²) in [4.78, 5) is 21.6. The number of nitrogens with zero attached hydrogens (tertiary/aromatic N) is 6. The van der Waals surface area contributed by atoms with Crippen molar-refractivity contribution in [1.29, 1.82) is 0 Å². The van der Waals surface area contributed by atoms with E-state index in [-0.39, 0.29) is 11.9 Å². The minimum atomic E-state index is -0.135. The van der Waals surface area contributed by atoms with Gasteiger partial charge in [-0.15, -0.1) is 0 Å². The number of benzene rings is 1. The number of amides is 1. The molecule has 1 saturated carbocycles. The van der Waals surface area contributed by atoms with Crippen LogP contribution in [0.4, 0.5) is 0 Å². The molecule has 30 heavy (non-hydrogen) atoms. The first-order valence-corrected chi connectivity index (χ1v) is 10.3. The Labute approximate surface area is 174 Å². The average Bonchev–Trinajstić information content (AvgIpc) is 3.44. The highest BCUT2D eigenvalue weighted by Crippen LogP contribution is 2.28. The molecule has 0 radical (unpaired) electrons. The van der Waals surface area contributed by atoms with Gasteiger partial charge in [0.15, 0.2) is 11.3 Å². The van der Waals surface area contributed by atoms with Crippen LogP contribution >= 0.6 is 0 Å². The lowest BCUT2D eigenvalue weighted by atomic mass is 9.91. The van der Waals surface area contributed by atoms with E-state index < -0.39 is 0 Å². The van der Waals surface area contributed by atoms with Crippen LogP contribution in [0.3, 0.4) is 0 Å². The number of hydrogen-bond donors (Lipinski definition) is 1. The fraction of sp³-hybridized carbons (Fsp3) is 0.318. The van der Waals surface area contributed by atoms with E-state index in [2.05, 4.69) is 25.5 Å². The molecule has 1 fully saturated rings. The van der Waals surface area contributed by atoms with Crippen molar-refractivity contribution in [2.75, 3.05) is 0 Å². The highest BCUT2D eigenvalue weighted by molar-refractivity contribution is 6.04. The van der Waals surface area contributed by atoms with Crippen molar-refractivity contribution in [2.45, 2.75) is 44.3 Å². The molecule has 152 valence electrons. The first kappa shape index (κ1) is 18.5. The number of hydrogen-bond acceptors (Lipinski definition) is 5. The van der Waals surface area contributed by atoms with Gasteiger partial charge >= 0.3 is 0 Å². The van der Waals surface area contributed by atoms with Crippen LogP contribution in [-0.2, 0) is 6.54 Å². The van der Waals surface area contributed by atoms with Gasteiger partial charge in [-0.3, -0.25) is 4.79 Å². The number of rotatable bonds is 5. The van der Waals surface area contributed by atoms with Crippen molar-refractivity contribution in [1.82, 2.24) is 34.8 Å². The number of pyridine rings is 1. The molecule has 1 aliphatic rings. The monoisotopic (exact) mass is 401 g/mol. The van der Waals surface area contributed by atoms with E-state index in [1.807, 2.05) is 47.1 Å². The lowest BCUT2D eigenvalue weighted by Crippen LogP contribution is -2.38. The molecule has 0 atom stereocenters. The Balaban J connectivity index is 1.31. The number of aromatic nitrogens is 6. The molecular weight excluding hydrogens is 378 g/mol. The van der Waals surface area contributed by atoms with E-state index in [9.17, 15) is 4.79 Å². The van der Waals surface area contributed by atoms with Gasteiger partial charge in [0.25, 0.3) is 5.91 Å². The molecule has 1 aliphatic carbocycles. The molecular formula is C22H23N7O.